The van der Waals surface area contributed by atoms with Crippen LogP contribution in [-0.2, 0) is 24.0 Å². The van der Waals surface area contributed by atoms with Gasteiger partial charge in [-0.05, 0) is 83.5 Å². The Morgan fingerprint density at radius 3 is 1.47 bits per heavy atom. The Balaban J connectivity index is 3.87. The Hall–Kier alpha value is -2.79. The van der Waals surface area contributed by atoms with Gasteiger partial charge in [-0.25, -0.2) is 4.79 Å². The quantitative estimate of drug-likeness (QED) is 0.0236. The second-order valence-electron chi connectivity index (χ2n) is 15.8. The van der Waals surface area contributed by atoms with E-state index in [0.29, 0.717) is 51.0 Å². The van der Waals surface area contributed by atoms with Gasteiger partial charge >= 0.3 is 11.9 Å². The van der Waals surface area contributed by atoms with Crippen molar-refractivity contribution >= 4 is 54.3 Å². The van der Waals surface area contributed by atoms with E-state index in [9.17, 15) is 29.1 Å². The van der Waals surface area contributed by atoms with E-state index in [1.165, 1.54) is 44.9 Å². The number of nitrogens with two attached hydrogens (primary N) is 2. The van der Waals surface area contributed by atoms with Crippen molar-refractivity contribution in [1.29, 1.82) is 0 Å². The van der Waals surface area contributed by atoms with Gasteiger partial charge in [0, 0.05) is 49.9 Å². The van der Waals surface area contributed by atoms with E-state index in [4.69, 9.17) is 16.6 Å². The molecule has 0 heterocycles. The summed E-state index contributed by atoms with van der Waals surface area (Å²) < 4.78 is 2.66. The molecule has 0 aromatic carbocycles. The predicted octanol–water partition coefficient (Wildman–Crippen LogP) is 6.41. The number of carboxylic acids is 2. The van der Waals surface area contributed by atoms with Gasteiger partial charge in [-0.2, -0.15) is 0 Å². The summed E-state index contributed by atoms with van der Waals surface area (Å²) >= 11 is 7.79. The maximum atomic E-state index is 12.4. The first-order chi connectivity index (χ1) is 28.3. The summed E-state index contributed by atoms with van der Waals surface area (Å²) in [5, 5.41) is 30.1. The predicted molar refractivity (Wildman–Crippen MR) is 245 cm³/mol. The number of carbonyl (C=O) groups is 5. The number of thiol groups is 2. The molecule has 2 amide bonds. The Bertz CT molecular complexity index is 1200. The average molecular weight is 872 g/mol. The van der Waals surface area contributed by atoms with Crippen LogP contribution in [0.25, 0.3) is 0 Å². The van der Waals surface area contributed by atoms with Gasteiger partial charge in [-0.1, -0.05) is 103 Å². The number of carboxylic acid groups (broad SMARTS) is 2. The van der Waals surface area contributed by atoms with Crippen LogP contribution >= 0.6 is 25.4 Å². The van der Waals surface area contributed by atoms with Gasteiger partial charge in [0.1, 0.15) is 6.04 Å². The van der Waals surface area contributed by atoms with Gasteiger partial charge < -0.3 is 42.9 Å². The van der Waals surface area contributed by atoms with Crippen LogP contribution < -0.4 is 37.5 Å². The van der Waals surface area contributed by atoms with Crippen LogP contribution in [0, 0.1) is 0 Å². The third-order valence-corrected chi connectivity index (χ3v) is 11.1. The molecule has 0 aromatic rings. The van der Waals surface area contributed by atoms with Crippen molar-refractivity contribution in [2.45, 2.75) is 198 Å². The number of allylic oxidation sites excluding steroid dienone is 1. The molecule has 0 aromatic heterocycles. The Kier molecular flexibility index (Phi) is 36.4. The zero-order valence-electron chi connectivity index (χ0n) is 35.9. The van der Waals surface area contributed by atoms with Crippen molar-refractivity contribution in [1.82, 2.24) is 26.0 Å². The molecule has 0 saturated heterocycles. The number of hydrogen-bond acceptors (Lipinski definition) is 11. The number of aliphatic carboxylic acids is 2. The highest BCUT2D eigenvalue weighted by Crippen LogP contribution is 2.14. The Morgan fingerprint density at radius 2 is 0.983 bits per heavy atom. The summed E-state index contributed by atoms with van der Waals surface area (Å²) in [6.45, 7) is 9.90. The molecular weight excluding hydrogens is 791 g/mol. The molecule has 342 valence electrons. The van der Waals surface area contributed by atoms with Gasteiger partial charge in [0.05, 0.1) is 12.1 Å². The number of amides is 2. The smallest absolute Gasteiger partial charge is 0.326 e. The van der Waals surface area contributed by atoms with Gasteiger partial charge in [0.15, 0.2) is 0 Å². The van der Waals surface area contributed by atoms with Crippen LogP contribution in [0.1, 0.15) is 173 Å². The molecule has 0 bridgehead atoms. The molecule has 0 aliphatic heterocycles. The number of carbonyl (C=O) groups excluding carboxylic acids is 3. The fraction of sp³-hybridized carbons (Fsp3) is 0.791. The lowest BCUT2D eigenvalue weighted by atomic mass is 10.0. The van der Waals surface area contributed by atoms with Crippen molar-refractivity contribution in [3.05, 3.63) is 24.6 Å². The summed E-state index contributed by atoms with van der Waals surface area (Å²) in [4.78, 5) is 58.5. The van der Waals surface area contributed by atoms with Crippen LogP contribution in [0.2, 0.25) is 0 Å². The van der Waals surface area contributed by atoms with Crippen molar-refractivity contribution in [2.75, 3.05) is 19.6 Å². The van der Waals surface area contributed by atoms with Crippen LogP contribution in [0.5, 0.6) is 0 Å². The molecule has 11 N–H and O–H groups in total. The molecule has 0 aliphatic carbocycles. The topological polar surface area (TPSA) is 238 Å². The second kappa shape index (κ2) is 38.2. The summed E-state index contributed by atoms with van der Waals surface area (Å²) in [5.74, 6) is -2.17. The minimum Gasteiger partial charge on any atom is -0.481 e. The third-order valence-electron chi connectivity index (χ3n) is 10.5. The maximum Gasteiger partial charge on any atom is 0.326 e. The lowest BCUT2D eigenvalue weighted by Crippen LogP contribution is -2.41. The monoisotopic (exact) mass is 872 g/mol. The van der Waals surface area contributed by atoms with E-state index >= 15 is 0 Å². The normalized spacial score (nSPS) is 13.2. The Morgan fingerprint density at radius 1 is 0.525 bits per heavy atom. The van der Waals surface area contributed by atoms with E-state index in [2.05, 4.69) is 64.6 Å². The summed E-state index contributed by atoms with van der Waals surface area (Å²) in [6, 6.07) is -2.11. The first-order valence-electron chi connectivity index (χ1n) is 22.3. The van der Waals surface area contributed by atoms with E-state index in [1.807, 2.05) is 0 Å². The van der Waals surface area contributed by atoms with Crippen molar-refractivity contribution in [2.24, 2.45) is 11.5 Å². The van der Waals surface area contributed by atoms with Crippen molar-refractivity contribution in [3.8, 4) is 0 Å². The number of hydrogen-bond donors (Lipinski definition) is 11. The molecule has 0 saturated carbocycles. The highest BCUT2D eigenvalue weighted by molar-refractivity contribution is 7.96. The molecule has 59 heavy (non-hydrogen) atoms. The Labute approximate surface area is 366 Å². The van der Waals surface area contributed by atoms with E-state index in [-0.39, 0.29) is 41.9 Å². The van der Waals surface area contributed by atoms with Gasteiger partial charge in [-0.3, -0.25) is 23.9 Å². The van der Waals surface area contributed by atoms with Crippen molar-refractivity contribution < 1.29 is 34.2 Å². The highest BCUT2D eigenvalue weighted by Gasteiger charge is 2.20. The number of nitrogens with one attached hydrogen (secondary N) is 5. The maximum absolute atomic E-state index is 12.4. The molecule has 14 nitrogen and oxygen atoms in total. The first kappa shape index (κ1) is 56.2. The van der Waals surface area contributed by atoms with Crippen LogP contribution in [0.15, 0.2) is 24.6 Å². The molecule has 0 rings (SSSR count). The first-order valence-corrected chi connectivity index (χ1v) is 23.2. The molecule has 3 unspecified atom stereocenters. The minimum absolute atomic E-state index is 0.177. The number of unbranched alkanes of at least 4 members (excludes halogenated alkanes) is 16. The van der Waals surface area contributed by atoms with E-state index in [1.54, 1.807) is 0 Å². The highest BCUT2D eigenvalue weighted by atomic mass is 32.1. The van der Waals surface area contributed by atoms with Gasteiger partial charge in [0.2, 0.25) is 16.9 Å². The molecular formula is C43H81N7O7S2. The molecule has 0 fully saturated rings. The van der Waals surface area contributed by atoms with Gasteiger partial charge in [0.25, 0.3) is 0 Å². The minimum atomic E-state index is -1.05. The molecule has 16 heteroatoms. The van der Waals surface area contributed by atoms with Crippen molar-refractivity contribution in [3.63, 3.8) is 0 Å². The fourth-order valence-electron chi connectivity index (χ4n) is 6.60. The summed E-state index contributed by atoms with van der Waals surface area (Å²) in [6.07, 6.45) is 23.5. The van der Waals surface area contributed by atoms with Crippen LogP contribution in [-0.4, -0.2) is 82.9 Å². The number of rotatable bonds is 43. The second-order valence-corrected chi connectivity index (χ2v) is 16.5. The van der Waals surface area contributed by atoms with Crippen LogP contribution in [0.3, 0.4) is 0 Å². The zero-order chi connectivity index (χ0) is 44.1. The molecule has 0 spiro atoms. The molecule has 0 aliphatic rings. The lowest BCUT2D eigenvalue weighted by molar-refractivity contribution is -0.142. The summed E-state index contributed by atoms with van der Waals surface area (Å²) in [5.41, 5.74) is 13.8. The third kappa shape index (κ3) is 34.6. The summed E-state index contributed by atoms with van der Waals surface area (Å²) in [7, 11) is 0. The van der Waals surface area contributed by atoms with Crippen LogP contribution in [0.4, 0.5) is 0 Å². The molecule has 4 atom stereocenters. The standard InChI is InChI=1S/C43H81N7O7S2/c1-33(28-29-37(42(55)56)49-39(51)26-15-13-11-9-7-5-3-4-6-8-10-12-14-16-27-40(52)53)46-30-20-18-24-36(45)41(54)48-32-21-17-23-35(44)34(2)47-31-22-19-25-38(50-59)43(57)58/h35-38,46-47,50,59H,1-32,44-45H2,(H,48,54)(H,49,51)(H,52,53)(H,55,56)(H,57,58)/t35?,36-,37?,38?/m0/s1. The lowest BCUT2D eigenvalue weighted by Gasteiger charge is -2.17. The van der Waals surface area contributed by atoms with E-state index < -0.39 is 24.0 Å². The van der Waals surface area contributed by atoms with Gasteiger partial charge in [-0.15, -0.1) is 12.6 Å². The average Bonchev–Trinajstić information content (AvgIpc) is 3.19. The largest absolute Gasteiger partial charge is 0.481 e. The molecule has 0 radical (unpaired) electrons. The van der Waals surface area contributed by atoms with E-state index in [0.717, 1.165) is 95.6 Å². The SMILES string of the molecule is C=C(CCC(NC(=O)CCCCCCCCCCCCCCCCC(=O)O)C(=O)O)NCCCC[C@H](N)C(=O)NCCCCC(N)C(=C)NCCCCC(NS)C(=O)S. The fourth-order valence-corrected chi connectivity index (χ4v) is 7.14. The zero-order valence-corrected chi connectivity index (χ0v) is 37.7.